The molecule has 0 atom stereocenters. The molecule has 0 saturated carbocycles. The number of aromatic nitrogens is 2. The third-order valence-electron chi connectivity index (χ3n) is 3.87. The van der Waals surface area contributed by atoms with Gasteiger partial charge in [0, 0.05) is 18.9 Å². The number of thiocarbonyl (C=S) groups is 1. The van der Waals surface area contributed by atoms with E-state index in [1.54, 1.807) is 18.5 Å². The summed E-state index contributed by atoms with van der Waals surface area (Å²) in [6, 6.07) is 14.9. The molecule has 1 heterocycles. The number of nitrogens with one attached hydrogen (secondary N) is 2. The van der Waals surface area contributed by atoms with Crippen LogP contribution in [0.15, 0.2) is 67.0 Å². The molecule has 0 saturated heterocycles. The Kier molecular flexibility index (Phi) is 5.75. The van der Waals surface area contributed by atoms with Crippen molar-refractivity contribution in [1.29, 1.82) is 0 Å². The lowest BCUT2D eigenvalue weighted by Crippen LogP contribution is -2.30. The number of anilines is 1. The van der Waals surface area contributed by atoms with E-state index in [2.05, 4.69) is 15.7 Å². The van der Waals surface area contributed by atoms with Crippen molar-refractivity contribution in [3.8, 4) is 5.69 Å². The molecular weight excluding hydrogens is 373 g/mol. The molecule has 140 valence electrons. The Balaban J connectivity index is 1.72. The minimum Gasteiger partial charge on any atom is -0.362 e. The SMILES string of the molecule is FC(F)(F)c1ccc(-n2cccn2)c(NC(=S)NCCc2ccccc2)c1. The number of rotatable bonds is 5. The van der Waals surface area contributed by atoms with E-state index < -0.39 is 11.7 Å². The second-order valence-corrected chi connectivity index (χ2v) is 6.21. The summed E-state index contributed by atoms with van der Waals surface area (Å²) in [5, 5.41) is 10.2. The molecule has 0 fully saturated rings. The van der Waals surface area contributed by atoms with E-state index in [1.807, 2.05) is 30.3 Å². The molecule has 1 aromatic heterocycles. The van der Waals surface area contributed by atoms with Crippen LogP contribution in [0.5, 0.6) is 0 Å². The van der Waals surface area contributed by atoms with Gasteiger partial charge in [-0.15, -0.1) is 0 Å². The number of nitrogens with zero attached hydrogens (tertiary/aromatic N) is 2. The van der Waals surface area contributed by atoms with E-state index >= 15 is 0 Å². The van der Waals surface area contributed by atoms with Crippen LogP contribution in [0.25, 0.3) is 5.69 Å². The van der Waals surface area contributed by atoms with Crippen LogP contribution in [0, 0.1) is 0 Å². The predicted molar refractivity (Wildman–Crippen MR) is 103 cm³/mol. The largest absolute Gasteiger partial charge is 0.416 e. The standard InChI is InChI=1S/C19H17F3N4S/c20-19(21,22)15-7-8-17(26-12-4-10-24-26)16(13-15)25-18(27)23-11-9-14-5-2-1-3-6-14/h1-8,10,12-13H,9,11H2,(H2,23,25,27). The lowest BCUT2D eigenvalue weighted by molar-refractivity contribution is -0.137. The zero-order chi connectivity index (χ0) is 19.3. The molecule has 0 unspecified atom stereocenters. The van der Waals surface area contributed by atoms with Crippen LogP contribution in [-0.2, 0) is 12.6 Å². The minimum absolute atomic E-state index is 0.228. The van der Waals surface area contributed by atoms with Gasteiger partial charge in [0.05, 0.1) is 16.9 Å². The van der Waals surface area contributed by atoms with Gasteiger partial charge in [-0.3, -0.25) is 0 Å². The topological polar surface area (TPSA) is 41.9 Å². The van der Waals surface area contributed by atoms with Crippen LogP contribution in [0.1, 0.15) is 11.1 Å². The number of hydrogen-bond donors (Lipinski definition) is 2. The number of halogens is 3. The maximum atomic E-state index is 13.1. The van der Waals surface area contributed by atoms with Crippen molar-refractivity contribution in [2.45, 2.75) is 12.6 Å². The first-order valence-corrected chi connectivity index (χ1v) is 8.64. The molecule has 2 aromatic carbocycles. The summed E-state index contributed by atoms with van der Waals surface area (Å²) in [5.74, 6) is 0. The van der Waals surface area contributed by atoms with Crippen LogP contribution >= 0.6 is 12.2 Å². The van der Waals surface area contributed by atoms with E-state index in [9.17, 15) is 13.2 Å². The fourth-order valence-corrected chi connectivity index (χ4v) is 2.77. The zero-order valence-corrected chi connectivity index (χ0v) is 15.0. The van der Waals surface area contributed by atoms with Gasteiger partial charge in [0.15, 0.2) is 5.11 Å². The van der Waals surface area contributed by atoms with Crippen molar-refractivity contribution in [2.24, 2.45) is 0 Å². The average Bonchev–Trinajstić information content (AvgIpc) is 3.16. The highest BCUT2D eigenvalue weighted by molar-refractivity contribution is 7.80. The number of benzene rings is 2. The molecule has 8 heteroatoms. The van der Waals surface area contributed by atoms with E-state index in [-0.39, 0.29) is 10.8 Å². The molecule has 0 aliphatic rings. The highest BCUT2D eigenvalue weighted by Gasteiger charge is 2.31. The normalized spacial score (nSPS) is 11.2. The van der Waals surface area contributed by atoms with Crippen molar-refractivity contribution in [3.63, 3.8) is 0 Å². The van der Waals surface area contributed by atoms with E-state index in [4.69, 9.17) is 12.2 Å². The Labute approximate surface area is 160 Å². The summed E-state index contributed by atoms with van der Waals surface area (Å²) in [5.41, 5.74) is 1.09. The van der Waals surface area contributed by atoms with Gasteiger partial charge in [-0.1, -0.05) is 30.3 Å². The van der Waals surface area contributed by atoms with Crippen LogP contribution in [0.2, 0.25) is 0 Å². The summed E-state index contributed by atoms with van der Waals surface area (Å²) in [6.45, 7) is 0.561. The average molecular weight is 390 g/mol. The highest BCUT2D eigenvalue weighted by Crippen LogP contribution is 2.33. The van der Waals surface area contributed by atoms with Gasteiger partial charge < -0.3 is 10.6 Å². The monoisotopic (exact) mass is 390 g/mol. The maximum absolute atomic E-state index is 13.1. The smallest absolute Gasteiger partial charge is 0.362 e. The van der Waals surface area contributed by atoms with Gasteiger partial charge in [-0.25, -0.2) is 4.68 Å². The Hall–Kier alpha value is -2.87. The molecule has 0 spiro atoms. The van der Waals surface area contributed by atoms with Gasteiger partial charge >= 0.3 is 6.18 Å². The van der Waals surface area contributed by atoms with Crippen LogP contribution in [0.3, 0.4) is 0 Å². The molecule has 0 aliphatic carbocycles. The molecular formula is C19H17F3N4S. The van der Waals surface area contributed by atoms with Crippen molar-refractivity contribution >= 4 is 23.0 Å². The minimum atomic E-state index is -4.44. The first-order valence-electron chi connectivity index (χ1n) is 8.23. The lowest BCUT2D eigenvalue weighted by atomic mass is 10.1. The maximum Gasteiger partial charge on any atom is 0.416 e. The Morgan fingerprint density at radius 3 is 2.52 bits per heavy atom. The third-order valence-corrected chi connectivity index (χ3v) is 4.11. The quantitative estimate of drug-likeness (QED) is 0.633. The second-order valence-electron chi connectivity index (χ2n) is 5.80. The summed E-state index contributed by atoms with van der Waals surface area (Å²) in [4.78, 5) is 0. The van der Waals surface area contributed by atoms with Gasteiger partial charge in [0.1, 0.15) is 0 Å². The Bertz CT molecular complexity index is 893. The van der Waals surface area contributed by atoms with Crippen LogP contribution < -0.4 is 10.6 Å². The van der Waals surface area contributed by atoms with E-state index in [0.717, 1.165) is 24.1 Å². The molecule has 3 rings (SSSR count). The molecule has 2 N–H and O–H groups in total. The molecule has 3 aromatic rings. The summed E-state index contributed by atoms with van der Waals surface area (Å²) >= 11 is 5.24. The zero-order valence-electron chi connectivity index (χ0n) is 14.2. The molecule has 0 amide bonds. The first-order chi connectivity index (χ1) is 12.9. The first kappa shape index (κ1) is 18.9. The Morgan fingerprint density at radius 2 is 1.85 bits per heavy atom. The lowest BCUT2D eigenvalue weighted by Gasteiger charge is -2.16. The fourth-order valence-electron chi connectivity index (χ4n) is 2.56. The molecule has 0 bridgehead atoms. The summed E-state index contributed by atoms with van der Waals surface area (Å²) < 4.78 is 40.7. The van der Waals surface area contributed by atoms with Crippen molar-refractivity contribution in [1.82, 2.24) is 15.1 Å². The number of alkyl halides is 3. The molecule has 0 radical (unpaired) electrons. The summed E-state index contributed by atoms with van der Waals surface area (Å²) in [6.07, 6.45) is -0.490. The summed E-state index contributed by atoms with van der Waals surface area (Å²) in [7, 11) is 0. The fraction of sp³-hybridized carbons (Fsp3) is 0.158. The van der Waals surface area contributed by atoms with Crippen molar-refractivity contribution in [2.75, 3.05) is 11.9 Å². The molecule has 0 aliphatic heterocycles. The predicted octanol–water partition coefficient (Wildman–Crippen LogP) is 4.42. The van der Waals surface area contributed by atoms with Crippen LogP contribution in [-0.4, -0.2) is 21.4 Å². The van der Waals surface area contributed by atoms with Crippen molar-refractivity contribution in [3.05, 3.63) is 78.1 Å². The number of hydrogen-bond acceptors (Lipinski definition) is 2. The van der Waals surface area contributed by atoms with E-state index in [0.29, 0.717) is 12.2 Å². The third kappa shape index (κ3) is 5.07. The Morgan fingerprint density at radius 1 is 1.07 bits per heavy atom. The van der Waals surface area contributed by atoms with Gasteiger partial charge in [-0.05, 0) is 48.5 Å². The van der Waals surface area contributed by atoms with Gasteiger partial charge in [-0.2, -0.15) is 18.3 Å². The van der Waals surface area contributed by atoms with Crippen molar-refractivity contribution < 1.29 is 13.2 Å². The van der Waals surface area contributed by atoms with Gasteiger partial charge in [0.2, 0.25) is 0 Å². The van der Waals surface area contributed by atoms with E-state index in [1.165, 1.54) is 10.7 Å². The molecule has 4 nitrogen and oxygen atoms in total. The molecule has 27 heavy (non-hydrogen) atoms. The highest BCUT2D eigenvalue weighted by atomic mass is 32.1. The van der Waals surface area contributed by atoms with Crippen LogP contribution in [0.4, 0.5) is 18.9 Å². The van der Waals surface area contributed by atoms with Gasteiger partial charge in [0.25, 0.3) is 0 Å². The second kappa shape index (κ2) is 8.22.